The number of rotatable bonds is 6. The van der Waals surface area contributed by atoms with Crippen molar-refractivity contribution in [1.82, 2.24) is 5.32 Å². The topological polar surface area (TPSA) is 51.4 Å². The summed E-state index contributed by atoms with van der Waals surface area (Å²) in [6.45, 7) is 5.15. The van der Waals surface area contributed by atoms with Crippen LogP contribution in [0.4, 0.5) is 0 Å². The third-order valence-corrected chi connectivity index (χ3v) is 4.15. The van der Waals surface area contributed by atoms with E-state index in [0.717, 1.165) is 0 Å². The molecule has 1 aliphatic heterocycles. The van der Waals surface area contributed by atoms with Crippen molar-refractivity contribution in [1.29, 1.82) is 0 Å². The fourth-order valence-electron chi connectivity index (χ4n) is 2.60. The van der Waals surface area contributed by atoms with Gasteiger partial charge < -0.3 is 14.8 Å². The van der Waals surface area contributed by atoms with E-state index in [0.29, 0.717) is 41.8 Å². The molecule has 5 nitrogen and oxygen atoms in total. The van der Waals surface area contributed by atoms with Gasteiger partial charge in [-0.25, -0.2) is 0 Å². The molecule has 0 saturated heterocycles. The molecule has 1 aliphatic rings. The number of fused-ring (bicyclic) bond motifs is 1. The quantitative estimate of drug-likeness (QED) is 0.373. The minimum atomic E-state index is -0.640. The molecule has 0 aliphatic carbocycles. The predicted octanol–water partition coefficient (Wildman–Crippen LogP) is 2.27. The van der Waals surface area contributed by atoms with Gasteiger partial charge in [0.05, 0.1) is 0 Å². The van der Waals surface area contributed by atoms with E-state index in [9.17, 15) is 4.79 Å². The molecule has 2 heterocycles. The average Bonchev–Trinajstić information content (AvgIpc) is 2.67. The first kappa shape index (κ1) is 17.1. The van der Waals surface area contributed by atoms with Gasteiger partial charge in [0.2, 0.25) is 5.78 Å². The number of ether oxygens (including phenoxy) is 2. The monoisotopic (exact) mass is 355 g/mol. The normalized spacial score (nSPS) is 13.6. The number of ketones is 1. The van der Waals surface area contributed by atoms with E-state index in [1.165, 1.54) is 0 Å². The maximum atomic E-state index is 13.2. The van der Waals surface area contributed by atoms with Crippen LogP contribution in [0.1, 0.15) is 16.4 Å². The van der Waals surface area contributed by atoms with E-state index >= 15 is 0 Å². The first-order chi connectivity index (χ1) is 12.2. The Bertz CT molecular complexity index is 793. The van der Waals surface area contributed by atoms with E-state index < -0.39 is 6.04 Å². The van der Waals surface area contributed by atoms with Crippen molar-refractivity contribution in [2.24, 2.45) is 0 Å². The molecule has 1 aromatic heterocycles. The Morgan fingerprint density at radius 3 is 2.68 bits per heavy atom. The van der Waals surface area contributed by atoms with Gasteiger partial charge in [-0.1, -0.05) is 24.4 Å². The minimum Gasteiger partial charge on any atom is -0.486 e. The van der Waals surface area contributed by atoms with Crippen LogP contribution in [-0.2, 0) is 0 Å². The zero-order valence-corrected chi connectivity index (χ0v) is 14.5. The van der Waals surface area contributed by atoms with Crippen LogP contribution in [0.15, 0.2) is 61.4 Å². The lowest BCUT2D eigenvalue weighted by molar-refractivity contribution is -0.692. The van der Waals surface area contributed by atoms with Crippen molar-refractivity contribution in [2.75, 3.05) is 19.8 Å². The van der Waals surface area contributed by atoms with Gasteiger partial charge in [-0.15, -0.1) is 6.58 Å². The van der Waals surface area contributed by atoms with Crippen molar-refractivity contribution in [3.63, 3.8) is 0 Å². The van der Waals surface area contributed by atoms with Gasteiger partial charge in [0.25, 0.3) is 6.04 Å². The van der Waals surface area contributed by atoms with Crippen molar-refractivity contribution in [3.8, 4) is 11.5 Å². The smallest absolute Gasteiger partial charge is 0.270 e. The van der Waals surface area contributed by atoms with Gasteiger partial charge in [-0.3, -0.25) is 4.79 Å². The Morgan fingerprint density at radius 1 is 1.24 bits per heavy atom. The van der Waals surface area contributed by atoms with Crippen LogP contribution >= 0.6 is 12.2 Å². The number of pyridine rings is 1. The van der Waals surface area contributed by atoms with E-state index in [-0.39, 0.29) is 5.78 Å². The standard InChI is InChI=1S/C19H18N2O3S/c1-2-8-20-19(25)17(21-9-4-3-5-10-21)18(22)14-6-7-15-16(13-14)24-12-11-23-15/h2-7,9-10,13,17H,1,8,11-12H2/p+1. The number of hydrogen-bond acceptors (Lipinski definition) is 4. The first-order valence-electron chi connectivity index (χ1n) is 7.99. The molecule has 3 rings (SSSR count). The number of thiocarbonyl (C=S) groups is 1. The number of benzene rings is 1. The summed E-state index contributed by atoms with van der Waals surface area (Å²) in [6, 6.07) is 10.2. The summed E-state index contributed by atoms with van der Waals surface area (Å²) in [7, 11) is 0. The van der Waals surface area contributed by atoms with Crippen LogP contribution in [-0.4, -0.2) is 30.5 Å². The SMILES string of the molecule is C=CCNC(=S)C(C(=O)c1ccc2c(c1)OCCO2)[n+]1ccccc1. The Morgan fingerprint density at radius 2 is 1.96 bits per heavy atom. The second-order valence-electron chi connectivity index (χ2n) is 5.48. The molecule has 1 unspecified atom stereocenters. The second-order valence-corrected chi connectivity index (χ2v) is 5.92. The van der Waals surface area contributed by atoms with Gasteiger partial charge in [-0.05, 0) is 18.2 Å². The summed E-state index contributed by atoms with van der Waals surface area (Å²) in [5.41, 5.74) is 0.522. The van der Waals surface area contributed by atoms with E-state index in [2.05, 4.69) is 11.9 Å². The molecule has 25 heavy (non-hydrogen) atoms. The van der Waals surface area contributed by atoms with Crippen molar-refractivity contribution >= 4 is 23.0 Å². The zero-order valence-electron chi connectivity index (χ0n) is 13.7. The van der Waals surface area contributed by atoms with Crippen LogP contribution in [0.3, 0.4) is 0 Å². The molecule has 2 aromatic rings. The van der Waals surface area contributed by atoms with Crippen LogP contribution in [0.5, 0.6) is 11.5 Å². The molecule has 6 heteroatoms. The molecular formula is C19H19N2O3S+. The van der Waals surface area contributed by atoms with Crippen molar-refractivity contribution in [3.05, 3.63) is 67.0 Å². The molecule has 0 fully saturated rings. The molecule has 0 amide bonds. The largest absolute Gasteiger partial charge is 0.486 e. The van der Waals surface area contributed by atoms with Gasteiger partial charge in [0.15, 0.2) is 28.9 Å². The molecule has 128 valence electrons. The van der Waals surface area contributed by atoms with Crippen LogP contribution < -0.4 is 19.4 Å². The number of carbonyl (C=O) groups is 1. The summed E-state index contributed by atoms with van der Waals surface area (Å²) in [5, 5.41) is 3.06. The molecule has 0 spiro atoms. The number of aromatic nitrogens is 1. The van der Waals surface area contributed by atoms with Crippen LogP contribution in [0, 0.1) is 0 Å². The number of nitrogens with zero attached hydrogens (tertiary/aromatic N) is 1. The number of hydrogen-bond donors (Lipinski definition) is 1. The predicted molar refractivity (Wildman–Crippen MR) is 98.2 cm³/mol. The van der Waals surface area contributed by atoms with Crippen LogP contribution in [0.2, 0.25) is 0 Å². The molecule has 1 atom stereocenters. The van der Waals surface area contributed by atoms with E-state index in [1.54, 1.807) is 28.8 Å². The van der Waals surface area contributed by atoms with Crippen LogP contribution in [0.25, 0.3) is 0 Å². The van der Waals surface area contributed by atoms with E-state index in [1.807, 2.05) is 30.6 Å². The summed E-state index contributed by atoms with van der Waals surface area (Å²) in [6.07, 6.45) is 5.35. The lowest BCUT2D eigenvalue weighted by Crippen LogP contribution is -2.51. The first-order valence-corrected chi connectivity index (χ1v) is 8.40. The molecule has 1 aromatic carbocycles. The summed E-state index contributed by atoms with van der Waals surface area (Å²) in [4.78, 5) is 13.6. The fourth-order valence-corrected chi connectivity index (χ4v) is 2.91. The number of Topliss-reactive ketones (excluding diaryl/α,β-unsaturated/α-hetero) is 1. The highest BCUT2D eigenvalue weighted by Gasteiger charge is 2.33. The highest BCUT2D eigenvalue weighted by molar-refractivity contribution is 7.80. The third kappa shape index (κ3) is 3.85. The zero-order chi connectivity index (χ0) is 17.6. The Balaban J connectivity index is 1.93. The minimum absolute atomic E-state index is 0.116. The summed E-state index contributed by atoms with van der Waals surface area (Å²) >= 11 is 5.46. The average molecular weight is 355 g/mol. The number of nitrogens with one attached hydrogen (secondary N) is 1. The molecule has 0 bridgehead atoms. The molecule has 1 N–H and O–H groups in total. The van der Waals surface area contributed by atoms with Crippen molar-refractivity contribution < 1.29 is 18.8 Å². The maximum Gasteiger partial charge on any atom is 0.270 e. The van der Waals surface area contributed by atoms with Gasteiger partial charge in [0, 0.05) is 24.2 Å². The van der Waals surface area contributed by atoms with Gasteiger partial charge in [-0.2, -0.15) is 4.57 Å². The number of carbonyl (C=O) groups excluding carboxylic acids is 1. The van der Waals surface area contributed by atoms with E-state index in [4.69, 9.17) is 21.7 Å². The van der Waals surface area contributed by atoms with Gasteiger partial charge in [0.1, 0.15) is 13.2 Å². The van der Waals surface area contributed by atoms with Gasteiger partial charge >= 0.3 is 0 Å². The maximum absolute atomic E-state index is 13.2. The fraction of sp³-hybridized carbons (Fsp3) is 0.211. The molecule has 0 saturated carbocycles. The Kier molecular flexibility index (Phi) is 5.40. The second kappa shape index (κ2) is 7.90. The highest BCUT2D eigenvalue weighted by atomic mass is 32.1. The molecule has 0 radical (unpaired) electrons. The lowest BCUT2D eigenvalue weighted by atomic mass is 10.0. The lowest BCUT2D eigenvalue weighted by Gasteiger charge is -2.19. The van der Waals surface area contributed by atoms with Crippen molar-refractivity contribution in [2.45, 2.75) is 6.04 Å². The molecular weight excluding hydrogens is 336 g/mol. The summed E-state index contributed by atoms with van der Waals surface area (Å²) in [5.74, 6) is 1.12. The Hall–Kier alpha value is -2.73. The summed E-state index contributed by atoms with van der Waals surface area (Å²) < 4.78 is 12.9. The Labute approximate surface area is 151 Å². The highest BCUT2D eigenvalue weighted by Crippen LogP contribution is 2.31. The third-order valence-electron chi connectivity index (χ3n) is 3.78.